The summed E-state index contributed by atoms with van der Waals surface area (Å²) >= 11 is 3.31. The fourth-order valence-electron chi connectivity index (χ4n) is 1.76. The average Bonchev–Trinajstić information content (AvgIpc) is 2.31. The largest absolute Gasteiger partial charge is 0.330 e. The van der Waals surface area contributed by atoms with Crippen molar-refractivity contribution in [2.75, 3.05) is 11.9 Å². The average molecular weight is 327 g/mol. The van der Waals surface area contributed by atoms with Crippen molar-refractivity contribution in [1.29, 1.82) is 0 Å². The van der Waals surface area contributed by atoms with Gasteiger partial charge in [0.25, 0.3) is 0 Å². The summed E-state index contributed by atoms with van der Waals surface area (Å²) in [5.41, 5.74) is 0.231. The third-order valence-corrected chi connectivity index (χ3v) is 3.20. The molecule has 0 aliphatic carbocycles. The molecule has 1 aromatic carbocycles. The van der Waals surface area contributed by atoms with Crippen molar-refractivity contribution >= 4 is 33.4 Å². The predicted octanol–water partition coefficient (Wildman–Crippen LogP) is 3.03. The Kier molecular flexibility index (Phi) is 5.11. The zero-order chi connectivity index (χ0) is 14.6. The van der Waals surface area contributed by atoms with Gasteiger partial charge in [0.2, 0.25) is 0 Å². The molecule has 4 nitrogen and oxygen atoms in total. The van der Waals surface area contributed by atoms with E-state index < -0.39 is 11.8 Å². The van der Waals surface area contributed by atoms with Gasteiger partial charge in [0.05, 0.1) is 0 Å². The molecule has 0 aliphatic rings. The van der Waals surface area contributed by atoms with E-state index in [1.54, 1.807) is 29.2 Å². The number of halogens is 1. The lowest BCUT2D eigenvalue weighted by atomic mass is 10.1. The quantitative estimate of drug-likeness (QED) is 0.849. The van der Waals surface area contributed by atoms with Gasteiger partial charge in [-0.2, -0.15) is 0 Å². The molecule has 104 valence electrons. The molecule has 1 rings (SSSR count). The van der Waals surface area contributed by atoms with Gasteiger partial charge in [0.1, 0.15) is 0 Å². The van der Waals surface area contributed by atoms with Crippen LogP contribution in [0.3, 0.4) is 0 Å². The van der Waals surface area contributed by atoms with Crippen molar-refractivity contribution in [3.8, 4) is 0 Å². The monoisotopic (exact) mass is 326 g/mol. The minimum atomic E-state index is -0.612. The molecule has 0 heterocycles. The number of benzene rings is 1. The zero-order valence-corrected chi connectivity index (χ0v) is 13.2. The topological polar surface area (TPSA) is 49.4 Å². The lowest BCUT2D eigenvalue weighted by Gasteiger charge is -2.34. The van der Waals surface area contributed by atoms with Gasteiger partial charge in [-0.25, -0.2) is 0 Å². The predicted molar refractivity (Wildman–Crippen MR) is 79.9 cm³/mol. The van der Waals surface area contributed by atoms with Crippen LogP contribution in [0, 0.1) is 0 Å². The molecule has 0 saturated heterocycles. The molecule has 0 fully saturated rings. The number of carbonyl (C=O) groups excluding carboxylic acids is 2. The second-order valence-corrected chi connectivity index (χ2v) is 6.10. The number of anilines is 1. The molecule has 0 unspecified atom stereocenters. The fraction of sp³-hybridized carbons (Fsp3) is 0.429. The lowest BCUT2D eigenvalue weighted by molar-refractivity contribution is -0.146. The van der Waals surface area contributed by atoms with E-state index in [2.05, 4.69) is 21.2 Å². The minimum absolute atomic E-state index is 0.372. The number of nitrogens with zero attached hydrogens (tertiary/aromatic N) is 1. The first-order chi connectivity index (χ1) is 8.75. The van der Waals surface area contributed by atoms with Gasteiger partial charge in [-0.05, 0) is 52.0 Å². The van der Waals surface area contributed by atoms with Gasteiger partial charge in [-0.15, -0.1) is 0 Å². The highest BCUT2D eigenvalue weighted by molar-refractivity contribution is 9.10. The maximum absolute atomic E-state index is 12.1. The Balaban J connectivity index is 2.77. The molecule has 0 radical (unpaired) electrons. The van der Waals surface area contributed by atoms with E-state index in [4.69, 9.17) is 0 Å². The summed E-state index contributed by atoms with van der Waals surface area (Å²) in [7, 11) is 0. The van der Waals surface area contributed by atoms with Crippen LogP contribution in [0.1, 0.15) is 27.7 Å². The molecule has 0 aromatic heterocycles. The second-order valence-electron chi connectivity index (χ2n) is 5.18. The SMILES string of the molecule is CCN(C(=O)C(=O)Nc1ccc(Br)cc1)C(C)(C)C. The molecule has 1 N–H and O–H groups in total. The Labute approximate surface area is 122 Å². The van der Waals surface area contributed by atoms with Gasteiger partial charge in [-0.1, -0.05) is 15.9 Å². The highest BCUT2D eigenvalue weighted by atomic mass is 79.9. The Morgan fingerprint density at radius 1 is 1.21 bits per heavy atom. The summed E-state index contributed by atoms with van der Waals surface area (Å²) in [4.78, 5) is 25.6. The summed E-state index contributed by atoms with van der Waals surface area (Å²) in [6, 6.07) is 7.09. The standard InChI is InChI=1S/C14H19BrN2O2/c1-5-17(14(2,3)4)13(19)12(18)16-11-8-6-10(15)7-9-11/h6-9H,5H2,1-4H3,(H,16,18). The first-order valence-corrected chi connectivity index (χ1v) is 6.93. The van der Waals surface area contributed by atoms with Gasteiger partial charge < -0.3 is 10.2 Å². The van der Waals surface area contributed by atoms with Gasteiger partial charge >= 0.3 is 11.8 Å². The van der Waals surface area contributed by atoms with Crippen LogP contribution in [-0.4, -0.2) is 28.8 Å². The Hall–Kier alpha value is -1.36. The van der Waals surface area contributed by atoms with Gasteiger partial charge in [-0.3, -0.25) is 9.59 Å². The van der Waals surface area contributed by atoms with E-state index in [0.717, 1.165) is 4.47 Å². The van der Waals surface area contributed by atoms with Gasteiger partial charge in [0, 0.05) is 22.2 Å². The second kappa shape index (κ2) is 6.19. The van der Waals surface area contributed by atoms with Gasteiger partial charge in [0.15, 0.2) is 0 Å². The van der Waals surface area contributed by atoms with E-state index in [0.29, 0.717) is 12.2 Å². The third-order valence-electron chi connectivity index (χ3n) is 2.67. The Bertz CT molecular complexity index is 463. The molecule has 0 atom stereocenters. The number of likely N-dealkylation sites (N-methyl/N-ethyl adjacent to an activating group) is 1. The molecule has 5 heteroatoms. The number of hydrogen-bond acceptors (Lipinski definition) is 2. The zero-order valence-electron chi connectivity index (χ0n) is 11.7. The van der Waals surface area contributed by atoms with Crippen LogP contribution in [0.2, 0.25) is 0 Å². The van der Waals surface area contributed by atoms with Crippen molar-refractivity contribution in [3.05, 3.63) is 28.7 Å². The molecule has 0 bridgehead atoms. The van der Waals surface area contributed by atoms with Crippen LogP contribution in [-0.2, 0) is 9.59 Å². The first-order valence-electron chi connectivity index (χ1n) is 6.14. The van der Waals surface area contributed by atoms with Crippen LogP contribution < -0.4 is 5.32 Å². The molecule has 0 spiro atoms. The number of hydrogen-bond donors (Lipinski definition) is 1. The highest BCUT2D eigenvalue weighted by Gasteiger charge is 2.29. The molecule has 0 saturated carbocycles. The number of carbonyl (C=O) groups is 2. The lowest BCUT2D eigenvalue weighted by Crippen LogP contribution is -2.49. The number of nitrogens with one attached hydrogen (secondary N) is 1. The summed E-state index contributed by atoms with van der Waals surface area (Å²) in [6.45, 7) is 8.07. The van der Waals surface area contributed by atoms with Crippen molar-refractivity contribution in [3.63, 3.8) is 0 Å². The van der Waals surface area contributed by atoms with Crippen LogP contribution in [0.15, 0.2) is 28.7 Å². The van der Waals surface area contributed by atoms with E-state index >= 15 is 0 Å². The summed E-state index contributed by atoms with van der Waals surface area (Å²) < 4.78 is 0.918. The fourth-order valence-corrected chi connectivity index (χ4v) is 2.03. The Morgan fingerprint density at radius 2 is 1.74 bits per heavy atom. The van der Waals surface area contributed by atoms with Crippen LogP contribution in [0.25, 0.3) is 0 Å². The summed E-state index contributed by atoms with van der Waals surface area (Å²) in [5, 5.41) is 2.60. The number of amides is 2. The third kappa shape index (κ3) is 4.35. The van der Waals surface area contributed by atoms with Crippen molar-refractivity contribution < 1.29 is 9.59 Å². The van der Waals surface area contributed by atoms with Crippen LogP contribution >= 0.6 is 15.9 Å². The molecule has 19 heavy (non-hydrogen) atoms. The van der Waals surface area contributed by atoms with Crippen LogP contribution in [0.5, 0.6) is 0 Å². The summed E-state index contributed by atoms with van der Waals surface area (Å²) in [6.07, 6.45) is 0. The minimum Gasteiger partial charge on any atom is -0.330 e. The highest BCUT2D eigenvalue weighted by Crippen LogP contribution is 2.16. The van der Waals surface area contributed by atoms with E-state index in [1.165, 1.54) is 0 Å². The van der Waals surface area contributed by atoms with Crippen LogP contribution in [0.4, 0.5) is 5.69 Å². The van der Waals surface area contributed by atoms with E-state index in [-0.39, 0.29) is 5.54 Å². The summed E-state index contributed by atoms with van der Waals surface area (Å²) in [5.74, 6) is -1.13. The molecule has 1 aromatic rings. The maximum Gasteiger partial charge on any atom is 0.313 e. The maximum atomic E-state index is 12.1. The van der Waals surface area contributed by atoms with Crippen molar-refractivity contribution in [2.45, 2.75) is 33.2 Å². The Morgan fingerprint density at radius 3 is 2.16 bits per heavy atom. The first kappa shape index (κ1) is 15.7. The molecule has 0 aliphatic heterocycles. The number of rotatable bonds is 2. The van der Waals surface area contributed by atoms with Crippen molar-refractivity contribution in [1.82, 2.24) is 4.90 Å². The molecule has 2 amide bonds. The molecular weight excluding hydrogens is 308 g/mol. The van der Waals surface area contributed by atoms with E-state index in [1.807, 2.05) is 27.7 Å². The smallest absolute Gasteiger partial charge is 0.313 e. The van der Waals surface area contributed by atoms with Crippen molar-refractivity contribution in [2.24, 2.45) is 0 Å². The van der Waals surface area contributed by atoms with E-state index in [9.17, 15) is 9.59 Å². The normalized spacial score (nSPS) is 11.0. The molecular formula is C14H19BrN2O2.